The second-order valence-electron chi connectivity index (χ2n) is 8.14. The van der Waals surface area contributed by atoms with Gasteiger partial charge < -0.3 is 10.1 Å². The number of ether oxygens (including phenoxy) is 1. The first-order valence-electron chi connectivity index (χ1n) is 9.01. The van der Waals surface area contributed by atoms with Crippen molar-refractivity contribution in [3.63, 3.8) is 0 Å². The van der Waals surface area contributed by atoms with Gasteiger partial charge in [-0.2, -0.15) is 0 Å². The van der Waals surface area contributed by atoms with E-state index in [1.165, 1.54) is 18.4 Å². The molecule has 2 saturated carbocycles. The molecule has 4 aliphatic rings. The van der Waals surface area contributed by atoms with Crippen molar-refractivity contribution in [3.8, 4) is 0 Å². The maximum Gasteiger partial charge on any atom is 0.310 e. The number of hydrogen-bond acceptors (Lipinski definition) is 5. The summed E-state index contributed by atoms with van der Waals surface area (Å²) < 4.78 is 5.73. The molecule has 2 heterocycles. The highest BCUT2D eigenvalue weighted by molar-refractivity contribution is 5.82. The van der Waals surface area contributed by atoms with Crippen molar-refractivity contribution in [2.75, 3.05) is 13.2 Å². The van der Waals surface area contributed by atoms with E-state index in [0.717, 1.165) is 19.3 Å². The summed E-state index contributed by atoms with van der Waals surface area (Å²) >= 11 is 0. The summed E-state index contributed by atoms with van der Waals surface area (Å²) in [5.41, 5.74) is 3.90. The number of hydroxylamine groups is 1. The molecule has 0 aromatic carbocycles. The lowest BCUT2D eigenvalue weighted by molar-refractivity contribution is -0.146. The summed E-state index contributed by atoms with van der Waals surface area (Å²) in [7, 11) is 0. The van der Waals surface area contributed by atoms with Gasteiger partial charge in [-0.1, -0.05) is 19.1 Å². The molecule has 1 amide bonds. The third-order valence-corrected chi connectivity index (χ3v) is 6.64. The third-order valence-electron chi connectivity index (χ3n) is 6.64. The number of allylic oxidation sites excluding steroid dienone is 1. The lowest BCUT2D eigenvalue weighted by Gasteiger charge is -2.50. The Morgan fingerprint density at radius 1 is 1.42 bits per heavy atom. The fraction of sp³-hybridized carbons (Fsp3) is 0.778. The van der Waals surface area contributed by atoms with Crippen LogP contribution in [-0.2, 0) is 19.2 Å². The fourth-order valence-electron chi connectivity index (χ4n) is 5.25. The normalized spacial score (nSPS) is 44.7. The first-order chi connectivity index (χ1) is 11.5. The molecular formula is C18H26N2O4. The molecule has 4 rings (SSSR count). The molecule has 2 saturated heterocycles. The topological polar surface area (TPSA) is 76.7 Å². The van der Waals surface area contributed by atoms with Gasteiger partial charge in [0.25, 0.3) is 5.91 Å². The molecular weight excluding hydrogens is 308 g/mol. The first-order valence-corrected chi connectivity index (χ1v) is 9.01. The smallest absolute Gasteiger partial charge is 0.310 e. The van der Waals surface area contributed by atoms with Crippen LogP contribution in [0.15, 0.2) is 12.2 Å². The predicted molar refractivity (Wildman–Crippen MR) is 86.6 cm³/mol. The minimum atomic E-state index is -0.379. The van der Waals surface area contributed by atoms with E-state index in [4.69, 9.17) is 9.57 Å². The number of esters is 1. The van der Waals surface area contributed by atoms with E-state index < -0.39 is 0 Å². The lowest BCUT2D eigenvalue weighted by Crippen LogP contribution is -2.47. The second-order valence-corrected chi connectivity index (χ2v) is 8.14. The van der Waals surface area contributed by atoms with Gasteiger partial charge in [-0.25, -0.2) is 5.48 Å². The quantitative estimate of drug-likeness (QED) is 0.601. The van der Waals surface area contributed by atoms with E-state index in [1.54, 1.807) is 0 Å². The summed E-state index contributed by atoms with van der Waals surface area (Å²) in [5, 5.41) is 3.17. The summed E-state index contributed by atoms with van der Waals surface area (Å²) in [4.78, 5) is 28.9. The lowest BCUT2D eigenvalue weighted by atomic mass is 9.55. The molecule has 24 heavy (non-hydrogen) atoms. The van der Waals surface area contributed by atoms with Gasteiger partial charge in [0.05, 0.1) is 12.5 Å². The van der Waals surface area contributed by atoms with Crippen molar-refractivity contribution >= 4 is 11.9 Å². The molecule has 6 heteroatoms. The molecule has 0 spiro atoms. The highest BCUT2D eigenvalue weighted by Gasteiger charge is 2.55. The van der Waals surface area contributed by atoms with Gasteiger partial charge in [0.15, 0.2) is 0 Å². The maximum absolute atomic E-state index is 12.4. The van der Waals surface area contributed by atoms with E-state index >= 15 is 0 Å². The highest BCUT2D eigenvalue weighted by atomic mass is 16.7. The predicted octanol–water partition coefficient (Wildman–Crippen LogP) is 1.32. The van der Waals surface area contributed by atoms with E-state index in [9.17, 15) is 9.59 Å². The van der Waals surface area contributed by atoms with Gasteiger partial charge in [-0.15, -0.1) is 0 Å². The fourth-order valence-corrected chi connectivity index (χ4v) is 5.25. The Morgan fingerprint density at radius 3 is 3.00 bits per heavy atom. The molecule has 132 valence electrons. The Bertz CT molecular complexity index is 577. The van der Waals surface area contributed by atoms with Crippen LogP contribution in [0.4, 0.5) is 0 Å². The monoisotopic (exact) mass is 334 g/mol. The Hall–Kier alpha value is -1.40. The zero-order valence-corrected chi connectivity index (χ0v) is 14.2. The third kappa shape index (κ3) is 2.56. The molecule has 2 aliphatic heterocycles. The van der Waals surface area contributed by atoms with Crippen LogP contribution in [0.2, 0.25) is 0 Å². The Balaban J connectivity index is 1.46. The molecule has 2 N–H and O–H groups in total. The van der Waals surface area contributed by atoms with Gasteiger partial charge >= 0.3 is 5.97 Å². The molecule has 2 aliphatic carbocycles. The molecule has 6 atom stereocenters. The summed E-state index contributed by atoms with van der Waals surface area (Å²) in [5.74, 6) is 0.244. The highest BCUT2D eigenvalue weighted by Crippen LogP contribution is 2.56. The van der Waals surface area contributed by atoms with Crippen molar-refractivity contribution in [2.24, 2.45) is 23.2 Å². The standard InChI is InChI=1S/C18H26N2O4/c1-10-4-3-5-18(2)7-15-11(6-13(10)18)12(17(22)24-15)8-19-14-9-23-20-16(14)21/h11-15,19H,1,3-9H2,2H3,(H,20,21)/t11-,12-,13+,14-,15-,18-/m1/s1. The number of amides is 1. The minimum Gasteiger partial charge on any atom is -0.462 e. The van der Waals surface area contributed by atoms with Crippen LogP contribution >= 0.6 is 0 Å². The SMILES string of the molecule is C=C1CCC[C@]2(C)C[C@H]3OC(=O)[C@H](CN[C@@H]4CONC4=O)[C@H]3C[C@@H]12. The van der Waals surface area contributed by atoms with Crippen molar-refractivity contribution in [2.45, 2.75) is 51.2 Å². The molecule has 4 fully saturated rings. The van der Waals surface area contributed by atoms with Crippen molar-refractivity contribution < 1.29 is 19.2 Å². The molecule has 0 radical (unpaired) electrons. The molecule has 6 nitrogen and oxygen atoms in total. The number of fused-ring (bicyclic) bond motifs is 2. The number of carbonyl (C=O) groups is 2. The molecule has 0 aromatic rings. The second kappa shape index (κ2) is 5.85. The van der Waals surface area contributed by atoms with Crippen LogP contribution in [0, 0.1) is 23.2 Å². The average molecular weight is 334 g/mol. The van der Waals surface area contributed by atoms with Gasteiger partial charge in [0.2, 0.25) is 0 Å². The van der Waals surface area contributed by atoms with Crippen LogP contribution < -0.4 is 10.8 Å². The van der Waals surface area contributed by atoms with Crippen molar-refractivity contribution in [3.05, 3.63) is 12.2 Å². The van der Waals surface area contributed by atoms with Gasteiger partial charge in [-0.05, 0) is 43.4 Å². The van der Waals surface area contributed by atoms with E-state index in [2.05, 4.69) is 24.3 Å². The molecule has 0 unspecified atom stereocenters. The van der Waals surface area contributed by atoms with Gasteiger partial charge in [0, 0.05) is 12.5 Å². The van der Waals surface area contributed by atoms with Crippen LogP contribution in [0.25, 0.3) is 0 Å². The van der Waals surface area contributed by atoms with Crippen LogP contribution in [0.3, 0.4) is 0 Å². The van der Waals surface area contributed by atoms with E-state index in [-0.39, 0.29) is 41.3 Å². The van der Waals surface area contributed by atoms with Gasteiger partial charge in [-0.3, -0.25) is 14.4 Å². The zero-order valence-electron chi connectivity index (χ0n) is 14.2. The Labute approximate surface area is 142 Å². The van der Waals surface area contributed by atoms with Crippen LogP contribution in [0.1, 0.15) is 39.0 Å². The summed E-state index contributed by atoms with van der Waals surface area (Å²) in [6, 6.07) is -0.379. The first kappa shape index (κ1) is 16.1. The summed E-state index contributed by atoms with van der Waals surface area (Å²) in [6.45, 7) is 7.41. The van der Waals surface area contributed by atoms with Crippen molar-refractivity contribution in [1.82, 2.24) is 10.8 Å². The number of nitrogens with one attached hydrogen (secondary N) is 2. The zero-order chi connectivity index (χ0) is 16.9. The maximum atomic E-state index is 12.4. The minimum absolute atomic E-state index is 0.0186. The van der Waals surface area contributed by atoms with Crippen LogP contribution in [-0.4, -0.2) is 37.2 Å². The van der Waals surface area contributed by atoms with E-state index in [1.807, 2.05) is 0 Å². The Morgan fingerprint density at radius 2 is 2.25 bits per heavy atom. The Kier molecular flexibility index (Phi) is 3.92. The molecule has 0 bridgehead atoms. The number of rotatable bonds is 3. The summed E-state index contributed by atoms with van der Waals surface area (Å²) in [6.07, 6.45) is 5.43. The average Bonchev–Trinajstić information content (AvgIpc) is 3.05. The number of hydrogen-bond donors (Lipinski definition) is 2. The van der Waals surface area contributed by atoms with E-state index in [0.29, 0.717) is 19.1 Å². The van der Waals surface area contributed by atoms with Crippen molar-refractivity contribution in [1.29, 1.82) is 0 Å². The number of carbonyl (C=O) groups excluding carboxylic acids is 2. The largest absolute Gasteiger partial charge is 0.462 e. The van der Waals surface area contributed by atoms with Gasteiger partial charge in [0.1, 0.15) is 12.1 Å². The van der Waals surface area contributed by atoms with Crippen LogP contribution in [0.5, 0.6) is 0 Å². The molecule has 0 aromatic heterocycles.